The number of aryl methyl sites for hydroxylation is 1. The van der Waals surface area contributed by atoms with Crippen LogP contribution in [0.5, 0.6) is 0 Å². The van der Waals surface area contributed by atoms with Gasteiger partial charge >= 0.3 is 0 Å². The van der Waals surface area contributed by atoms with Gasteiger partial charge in [-0.1, -0.05) is 71.9 Å². The van der Waals surface area contributed by atoms with Gasteiger partial charge in [0, 0.05) is 12.1 Å². The second-order valence-corrected chi connectivity index (χ2v) is 6.67. The molecule has 0 atom stereocenters. The first-order valence-corrected chi connectivity index (χ1v) is 9.03. The highest BCUT2D eigenvalue weighted by atomic mass is 32.2. The summed E-state index contributed by atoms with van der Waals surface area (Å²) < 4.78 is 0. The van der Waals surface area contributed by atoms with Crippen molar-refractivity contribution in [3.63, 3.8) is 0 Å². The van der Waals surface area contributed by atoms with Gasteiger partial charge in [-0.2, -0.15) is 0 Å². The molecule has 1 aromatic heterocycles. The maximum absolute atomic E-state index is 12.0. The third-order valence-corrected chi connectivity index (χ3v) is 4.59. The minimum absolute atomic E-state index is 0.0143. The zero-order valence-electron chi connectivity index (χ0n) is 14.0. The summed E-state index contributed by atoms with van der Waals surface area (Å²) in [5.41, 5.74) is 4.16. The smallest absolute Gasteiger partial charge is 0.230 e. The second-order valence-electron chi connectivity index (χ2n) is 5.67. The molecule has 3 aromatic rings. The lowest BCUT2D eigenvalue weighted by Gasteiger charge is -2.06. The first kappa shape index (κ1) is 17.2. The zero-order valence-corrected chi connectivity index (χ0v) is 14.8. The summed E-state index contributed by atoms with van der Waals surface area (Å²) in [6, 6.07) is 21.9. The summed E-state index contributed by atoms with van der Waals surface area (Å²) >= 11 is 1.38. The van der Waals surface area contributed by atoms with Gasteiger partial charge in [-0.05, 0) is 24.6 Å². The van der Waals surface area contributed by atoms with Gasteiger partial charge in [0.05, 0.1) is 11.4 Å². The van der Waals surface area contributed by atoms with Crippen molar-refractivity contribution in [3.05, 3.63) is 77.9 Å². The van der Waals surface area contributed by atoms with E-state index in [1.165, 1.54) is 17.3 Å². The highest BCUT2D eigenvalue weighted by molar-refractivity contribution is 7.99. The molecule has 0 radical (unpaired) electrons. The van der Waals surface area contributed by atoms with E-state index in [-0.39, 0.29) is 5.91 Å². The van der Waals surface area contributed by atoms with Crippen LogP contribution in [0.15, 0.2) is 71.8 Å². The minimum Gasteiger partial charge on any atom is -0.351 e. The normalized spacial score (nSPS) is 10.4. The van der Waals surface area contributed by atoms with E-state index in [9.17, 15) is 4.79 Å². The van der Waals surface area contributed by atoms with Crippen molar-refractivity contribution < 1.29 is 4.79 Å². The molecule has 1 N–H and O–H groups in total. The van der Waals surface area contributed by atoms with Gasteiger partial charge in [0.25, 0.3) is 0 Å². The van der Waals surface area contributed by atoms with Crippen LogP contribution in [0, 0.1) is 6.92 Å². The van der Waals surface area contributed by atoms with Crippen LogP contribution < -0.4 is 5.32 Å². The van der Waals surface area contributed by atoms with Crippen molar-refractivity contribution in [1.29, 1.82) is 0 Å². The SMILES string of the molecule is Cc1ccc(CNC(=O)CSc2ccc(-c3ccccc3)nn2)cc1. The number of nitrogens with zero attached hydrogens (tertiary/aromatic N) is 2. The van der Waals surface area contributed by atoms with Crippen molar-refractivity contribution in [2.75, 3.05) is 5.75 Å². The summed E-state index contributed by atoms with van der Waals surface area (Å²) in [6.45, 7) is 2.58. The molecule has 1 heterocycles. The molecule has 1 amide bonds. The summed E-state index contributed by atoms with van der Waals surface area (Å²) in [5.74, 6) is 0.310. The number of amides is 1. The number of hydrogen-bond donors (Lipinski definition) is 1. The molecule has 0 aliphatic carbocycles. The monoisotopic (exact) mass is 349 g/mol. The molecule has 0 aliphatic rings. The maximum Gasteiger partial charge on any atom is 0.230 e. The number of carbonyl (C=O) groups excluding carboxylic acids is 1. The third-order valence-electron chi connectivity index (χ3n) is 3.67. The number of nitrogens with one attached hydrogen (secondary N) is 1. The Hall–Kier alpha value is -2.66. The minimum atomic E-state index is -0.0143. The fraction of sp³-hybridized carbons (Fsp3) is 0.150. The van der Waals surface area contributed by atoms with E-state index >= 15 is 0 Å². The molecule has 126 valence electrons. The van der Waals surface area contributed by atoms with E-state index < -0.39 is 0 Å². The molecule has 0 bridgehead atoms. The maximum atomic E-state index is 12.0. The summed E-state index contributed by atoms with van der Waals surface area (Å²) in [6.07, 6.45) is 0. The number of rotatable bonds is 6. The van der Waals surface area contributed by atoms with Crippen molar-refractivity contribution in [2.24, 2.45) is 0 Å². The Labute approximate surface area is 151 Å². The first-order chi connectivity index (χ1) is 12.2. The molecule has 0 fully saturated rings. The molecule has 3 rings (SSSR count). The number of carbonyl (C=O) groups is 1. The Kier molecular flexibility index (Phi) is 5.80. The topological polar surface area (TPSA) is 54.9 Å². The second kappa shape index (κ2) is 8.44. The van der Waals surface area contributed by atoms with Crippen LogP contribution >= 0.6 is 11.8 Å². The predicted molar refractivity (Wildman–Crippen MR) is 101 cm³/mol. The van der Waals surface area contributed by atoms with E-state index in [1.807, 2.05) is 73.7 Å². The lowest BCUT2D eigenvalue weighted by atomic mass is 10.1. The van der Waals surface area contributed by atoms with E-state index in [0.29, 0.717) is 12.3 Å². The largest absolute Gasteiger partial charge is 0.351 e. The highest BCUT2D eigenvalue weighted by Gasteiger charge is 2.05. The van der Waals surface area contributed by atoms with Gasteiger partial charge < -0.3 is 5.32 Å². The van der Waals surface area contributed by atoms with Gasteiger partial charge in [-0.3, -0.25) is 4.79 Å². The van der Waals surface area contributed by atoms with Crippen LogP contribution in [0.1, 0.15) is 11.1 Å². The highest BCUT2D eigenvalue weighted by Crippen LogP contribution is 2.19. The van der Waals surface area contributed by atoms with E-state index in [4.69, 9.17) is 0 Å². The lowest BCUT2D eigenvalue weighted by molar-refractivity contribution is -0.118. The van der Waals surface area contributed by atoms with Gasteiger partial charge in [0.15, 0.2) is 0 Å². The predicted octanol–water partition coefficient (Wildman–Crippen LogP) is 3.86. The van der Waals surface area contributed by atoms with Crippen LogP contribution in [0.3, 0.4) is 0 Å². The van der Waals surface area contributed by atoms with Gasteiger partial charge in [0.2, 0.25) is 5.91 Å². The first-order valence-electron chi connectivity index (χ1n) is 8.05. The van der Waals surface area contributed by atoms with E-state index in [2.05, 4.69) is 15.5 Å². The summed E-state index contributed by atoms with van der Waals surface area (Å²) in [7, 11) is 0. The van der Waals surface area contributed by atoms with Crippen LogP contribution in [-0.4, -0.2) is 21.9 Å². The Morgan fingerprint density at radius 3 is 2.40 bits per heavy atom. The molecule has 4 nitrogen and oxygen atoms in total. The van der Waals surface area contributed by atoms with Crippen molar-refractivity contribution in [1.82, 2.24) is 15.5 Å². The third kappa shape index (κ3) is 5.16. The fourth-order valence-corrected chi connectivity index (χ4v) is 2.90. The molecule has 0 saturated heterocycles. The number of aromatic nitrogens is 2. The van der Waals surface area contributed by atoms with Crippen LogP contribution in [0.2, 0.25) is 0 Å². The Morgan fingerprint density at radius 2 is 1.72 bits per heavy atom. The zero-order chi connectivity index (χ0) is 17.5. The Bertz CT molecular complexity index is 818. The Balaban J connectivity index is 1.48. The fourth-order valence-electron chi connectivity index (χ4n) is 2.26. The average Bonchev–Trinajstić information content (AvgIpc) is 2.67. The van der Waals surface area contributed by atoms with Crippen molar-refractivity contribution in [3.8, 4) is 11.3 Å². The summed E-state index contributed by atoms with van der Waals surface area (Å²) in [4.78, 5) is 12.0. The number of thioether (sulfide) groups is 1. The molecule has 0 saturated carbocycles. The van der Waals surface area contributed by atoms with Crippen LogP contribution in [0.25, 0.3) is 11.3 Å². The van der Waals surface area contributed by atoms with Crippen molar-refractivity contribution >= 4 is 17.7 Å². The van der Waals surface area contributed by atoms with Crippen LogP contribution in [0.4, 0.5) is 0 Å². The molecule has 2 aromatic carbocycles. The molecule has 0 unspecified atom stereocenters. The number of hydrogen-bond acceptors (Lipinski definition) is 4. The molecule has 0 aliphatic heterocycles. The van der Waals surface area contributed by atoms with E-state index in [0.717, 1.165) is 21.8 Å². The van der Waals surface area contributed by atoms with Gasteiger partial charge in [-0.25, -0.2) is 0 Å². The standard InChI is InChI=1S/C20H19N3OS/c1-15-7-9-16(10-8-15)13-21-19(24)14-25-20-12-11-18(22-23-20)17-5-3-2-4-6-17/h2-12H,13-14H2,1H3,(H,21,24). The number of benzene rings is 2. The molecule has 5 heteroatoms. The van der Waals surface area contributed by atoms with E-state index in [1.54, 1.807) is 0 Å². The lowest BCUT2D eigenvalue weighted by Crippen LogP contribution is -2.24. The molecule has 25 heavy (non-hydrogen) atoms. The van der Waals surface area contributed by atoms with Gasteiger partial charge in [-0.15, -0.1) is 10.2 Å². The molecule has 0 spiro atoms. The Morgan fingerprint density at radius 1 is 0.960 bits per heavy atom. The molecular weight excluding hydrogens is 330 g/mol. The summed E-state index contributed by atoms with van der Waals surface area (Å²) in [5, 5.41) is 12.1. The average molecular weight is 349 g/mol. The van der Waals surface area contributed by atoms with Crippen molar-refractivity contribution in [2.45, 2.75) is 18.5 Å². The van der Waals surface area contributed by atoms with Gasteiger partial charge in [0.1, 0.15) is 5.03 Å². The van der Waals surface area contributed by atoms with Crippen LogP contribution in [-0.2, 0) is 11.3 Å². The molecular formula is C20H19N3OS. The quantitative estimate of drug-likeness (QED) is 0.687.